The predicted molar refractivity (Wildman–Crippen MR) is 101 cm³/mol. The van der Waals surface area contributed by atoms with Gasteiger partial charge in [0.2, 0.25) is 0 Å². The average molecular weight is 343 g/mol. The second-order valence-corrected chi connectivity index (χ2v) is 7.01. The Morgan fingerprint density at radius 3 is 2.28 bits per heavy atom. The zero-order valence-electron chi connectivity index (χ0n) is 13.2. The van der Waals surface area contributed by atoms with E-state index in [0.29, 0.717) is 11.1 Å². The van der Waals surface area contributed by atoms with Crippen LogP contribution in [0.5, 0.6) is 0 Å². The standard InChI is InChI=1S/C21H13NO2S/c23-21-22-17-12-13(9-10-18(17)24-21)11-16-14-5-1-3-7-19(14)25-20-8-4-2-6-15(16)20/h1-12H,(H,22,23). The summed E-state index contributed by atoms with van der Waals surface area (Å²) >= 11 is 1.80. The average Bonchev–Trinajstić information content (AvgIpc) is 3.01. The van der Waals surface area contributed by atoms with Crippen LogP contribution in [0.25, 0.3) is 22.7 Å². The number of rotatable bonds is 1. The molecule has 1 aliphatic heterocycles. The van der Waals surface area contributed by atoms with Crippen molar-refractivity contribution in [1.82, 2.24) is 4.98 Å². The van der Waals surface area contributed by atoms with Crippen LogP contribution in [0.2, 0.25) is 0 Å². The lowest BCUT2D eigenvalue weighted by atomic mass is 9.95. The number of H-pyrrole nitrogens is 1. The molecule has 4 aromatic rings. The highest BCUT2D eigenvalue weighted by Gasteiger charge is 2.20. The summed E-state index contributed by atoms with van der Waals surface area (Å²) < 4.78 is 5.09. The minimum Gasteiger partial charge on any atom is -0.408 e. The molecule has 0 radical (unpaired) electrons. The number of aromatic amines is 1. The molecule has 1 aliphatic rings. The first-order valence-electron chi connectivity index (χ1n) is 7.99. The Morgan fingerprint density at radius 1 is 0.880 bits per heavy atom. The van der Waals surface area contributed by atoms with Gasteiger partial charge in [-0.2, -0.15) is 0 Å². The Balaban J connectivity index is 1.74. The number of oxazole rings is 1. The van der Waals surface area contributed by atoms with Gasteiger partial charge in [0.05, 0.1) is 5.52 Å². The molecule has 1 aromatic heterocycles. The van der Waals surface area contributed by atoms with E-state index in [1.165, 1.54) is 26.5 Å². The molecule has 2 heterocycles. The maximum absolute atomic E-state index is 11.4. The molecule has 0 fully saturated rings. The van der Waals surface area contributed by atoms with Crippen molar-refractivity contribution in [2.24, 2.45) is 0 Å². The predicted octanol–water partition coefficient (Wildman–Crippen LogP) is 5.17. The van der Waals surface area contributed by atoms with Crippen molar-refractivity contribution >= 4 is 34.5 Å². The lowest BCUT2D eigenvalue weighted by molar-refractivity contribution is 0.555. The minimum absolute atomic E-state index is 0.426. The minimum atomic E-state index is -0.426. The van der Waals surface area contributed by atoms with E-state index in [1.807, 2.05) is 18.2 Å². The molecule has 3 aromatic carbocycles. The molecular weight excluding hydrogens is 330 g/mol. The Morgan fingerprint density at radius 2 is 1.56 bits per heavy atom. The number of nitrogens with one attached hydrogen (secondary N) is 1. The first kappa shape index (κ1) is 14.4. The van der Waals surface area contributed by atoms with Crippen LogP contribution in [0.3, 0.4) is 0 Å². The van der Waals surface area contributed by atoms with Crippen LogP contribution in [0.15, 0.2) is 85.7 Å². The van der Waals surface area contributed by atoms with E-state index in [-0.39, 0.29) is 0 Å². The highest BCUT2D eigenvalue weighted by molar-refractivity contribution is 7.99. The first-order chi connectivity index (χ1) is 12.3. The molecular formula is C21H13NO2S. The van der Waals surface area contributed by atoms with Crippen molar-refractivity contribution in [3.8, 4) is 0 Å². The summed E-state index contributed by atoms with van der Waals surface area (Å²) in [6.45, 7) is 0. The number of fused-ring (bicyclic) bond motifs is 3. The van der Waals surface area contributed by atoms with Crippen molar-refractivity contribution in [2.45, 2.75) is 9.79 Å². The molecule has 3 nitrogen and oxygen atoms in total. The third-order valence-electron chi connectivity index (χ3n) is 4.33. The number of aromatic nitrogens is 1. The molecule has 25 heavy (non-hydrogen) atoms. The molecule has 0 atom stereocenters. The van der Waals surface area contributed by atoms with E-state index in [1.54, 1.807) is 11.8 Å². The summed E-state index contributed by atoms with van der Waals surface area (Å²) in [5.74, 6) is -0.426. The van der Waals surface area contributed by atoms with Gasteiger partial charge in [0.25, 0.3) is 0 Å². The smallest absolute Gasteiger partial charge is 0.408 e. The van der Waals surface area contributed by atoms with E-state index >= 15 is 0 Å². The van der Waals surface area contributed by atoms with Crippen molar-refractivity contribution < 1.29 is 4.42 Å². The number of hydrogen-bond acceptors (Lipinski definition) is 3. The summed E-state index contributed by atoms with van der Waals surface area (Å²) in [6, 6.07) is 22.6. The molecule has 0 saturated carbocycles. The van der Waals surface area contributed by atoms with Gasteiger partial charge < -0.3 is 4.42 Å². The van der Waals surface area contributed by atoms with E-state index in [2.05, 4.69) is 59.6 Å². The van der Waals surface area contributed by atoms with Gasteiger partial charge in [0.15, 0.2) is 5.58 Å². The summed E-state index contributed by atoms with van der Waals surface area (Å²) in [5.41, 5.74) is 5.96. The zero-order chi connectivity index (χ0) is 16.8. The number of hydrogen-bond donors (Lipinski definition) is 1. The summed E-state index contributed by atoms with van der Waals surface area (Å²) in [7, 11) is 0. The molecule has 4 heteroatoms. The Hall–Kier alpha value is -2.98. The first-order valence-corrected chi connectivity index (χ1v) is 8.81. The molecule has 0 amide bonds. The van der Waals surface area contributed by atoms with E-state index in [0.717, 1.165) is 5.56 Å². The van der Waals surface area contributed by atoms with Crippen LogP contribution in [-0.4, -0.2) is 4.98 Å². The molecule has 1 N–H and O–H groups in total. The van der Waals surface area contributed by atoms with Crippen LogP contribution in [0, 0.1) is 0 Å². The van der Waals surface area contributed by atoms with E-state index in [9.17, 15) is 4.79 Å². The number of benzene rings is 3. The monoisotopic (exact) mass is 343 g/mol. The van der Waals surface area contributed by atoms with Crippen LogP contribution in [0.1, 0.15) is 16.7 Å². The van der Waals surface area contributed by atoms with Crippen LogP contribution in [0.4, 0.5) is 0 Å². The topological polar surface area (TPSA) is 46.0 Å². The highest BCUT2D eigenvalue weighted by atomic mass is 32.2. The van der Waals surface area contributed by atoms with Gasteiger partial charge in [0.1, 0.15) is 0 Å². The maximum atomic E-state index is 11.4. The normalized spacial score (nSPS) is 12.7. The fourth-order valence-corrected chi connectivity index (χ4v) is 4.31. The Labute approximate surface area is 148 Å². The van der Waals surface area contributed by atoms with Gasteiger partial charge in [0, 0.05) is 9.79 Å². The second kappa shape index (κ2) is 5.53. The summed E-state index contributed by atoms with van der Waals surface area (Å²) in [5, 5.41) is 0. The van der Waals surface area contributed by atoms with Gasteiger partial charge in [-0.3, -0.25) is 4.98 Å². The summed E-state index contributed by atoms with van der Waals surface area (Å²) in [4.78, 5) is 16.6. The van der Waals surface area contributed by atoms with Gasteiger partial charge >= 0.3 is 5.76 Å². The molecule has 0 saturated heterocycles. The van der Waals surface area contributed by atoms with E-state index < -0.39 is 5.76 Å². The SMILES string of the molecule is O=c1[nH]c2cc(C=C3c4ccccc4Sc4ccccc43)ccc2o1. The Bertz CT molecular complexity index is 1150. The quantitative estimate of drug-likeness (QED) is 0.456. The van der Waals surface area contributed by atoms with Crippen molar-refractivity contribution in [1.29, 1.82) is 0 Å². The van der Waals surface area contributed by atoms with Gasteiger partial charge in [-0.25, -0.2) is 4.79 Å². The molecule has 120 valence electrons. The van der Waals surface area contributed by atoms with Crippen LogP contribution < -0.4 is 5.76 Å². The molecule has 0 spiro atoms. The summed E-state index contributed by atoms with van der Waals surface area (Å²) in [6.07, 6.45) is 2.17. The third kappa shape index (κ3) is 2.42. The van der Waals surface area contributed by atoms with Gasteiger partial charge in [-0.15, -0.1) is 0 Å². The van der Waals surface area contributed by atoms with Crippen molar-refractivity contribution in [3.05, 3.63) is 94.0 Å². The Kier molecular flexibility index (Phi) is 3.18. The lowest BCUT2D eigenvalue weighted by Gasteiger charge is -2.22. The third-order valence-corrected chi connectivity index (χ3v) is 5.48. The van der Waals surface area contributed by atoms with Gasteiger partial charge in [-0.1, -0.05) is 54.2 Å². The molecule has 0 aliphatic carbocycles. The molecule has 0 unspecified atom stereocenters. The molecule has 0 bridgehead atoms. The zero-order valence-corrected chi connectivity index (χ0v) is 14.0. The van der Waals surface area contributed by atoms with Crippen molar-refractivity contribution in [3.63, 3.8) is 0 Å². The van der Waals surface area contributed by atoms with Crippen LogP contribution >= 0.6 is 11.8 Å². The second-order valence-electron chi connectivity index (χ2n) is 5.92. The highest BCUT2D eigenvalue weighted by Crippen LogP contribution is 2.45. The molecule has 5 rings (SSSR count). The van der Waals surface area contributed by atoms with E-state index in [4.69, 9.17) is 4.42 Å². The van der Waals surface area contributed by atoms with Crippen LogP contribution in [-0.2, 0) is 0 Å². The lowest BCUT2D eigenvalue weighted by Crippen LogP contribution is -1.98. The fraction of sp³-hybridized carbons (Fsp3) is 0. The fourth-order valence-electron chi connectivity index (χ4n) is 3.20. The largest absolute Gasteiger partial charge is 0.417 e. The van der Waals surface area contributed by atoms with Crippen molar-refractivity contribution in [2.75, 3.05) is 0 Å². The van der Waals surface area contributed by atoms with Gasteiger partial charge in [-0.05, 0) is 52.6 Å². The maximum Gasteiger partial charge on any atom is 0.417 e.